The first-order chi connectivity index (χ1) is 9.97. The lowest BCUT2D eigenvalue weighted by atomic mass is 10.1. The molecule has 1 heterocycles. The van der Waals surface area contributed by atoms with E-state index >= 15 is 0 Å². The summed E-state index contributed by atoms with van der Waals surface area (Å²) in [5, 5.41) is 15.3. The van der Waals surface area contributed by atoms with E-state index in [4.69, 9.17) is 0 Å². The van der Waals surface area contributed by atoms with E-state index in [0.717, 1.165) is 34.6 Å². The highest BCUT2D eigenvalue weighted by molar-refractivity contribution is 7.18. The molecule has 0 amide bonds. The summed E-state index contributed by atoms with van der Waals surface area (Å²) in [6.45, 7) is 7.07. The van der Waals surface area contributed by atoms with Gasteiger partial charge in [0.1, 0.15) is 5.69 Å². The number of nitrogens with zero attached hydrogens (tertiary/aromatic N) is 2. The predicted octanol–water partition coefficient (Wildman–Crippen LogP) is 4.75. The molecule has 0 bridgehead atoms. The summed E-state index contributed by atoms with van der Waals surface area (Å²) in [6, 6.07) is 3.41. The summed E-state index contributed by atoms with van der Waals surface area (Å²) in [7, 11) is 0. The second-order valence-electron chi connectivity index (χ2n) is 5.64. The molecule has 0 unspecified atom stereocenters. The van der Waals surface area contributed by atoms with Gasteiger partial charge in [-0.05, 0) is 25.3 Å². The first-order valence-corrected chi connectivity index (χ1v) is 8.08. The zero-order valence-corrected chi connectivity index (χ0v) is 13.5. The lowest BCUT2D eigenvalue weighted by Crippen LogP contribution is -2.04. The number of benzene rings is 1. The van der Waals surface area contributed by atoms with Crippen LogP contribution in [0.3, 0.4) is 0 Å². The van der Waals surface area contributed by atoms with Crippen molar-refractivity contribution in [2.45, 2.75) is 40.0 Å². The molecule has 0 aliphatic carbocycles. The highest BCUT2D eigenvalue weighted by Gasteiger charge is 2.16. The van der Waals surface area contributed by atoms with Crippen LogP contribution in [-0.2, 0) is 0 Å². The van der Waals surface area contributed by atoms with Gasteiger partial charge in [-0.15, -0.1) is 11.3 Å². The maximum absolute atomic E-state index is 11.2. The number of anilines is 1. The van der Waals surface area contributed by atoms with Crippen molar-refractivity contribution in [1.29, 1.82) is 0 Å². The third kappa shape index (κ3) is 4.14. The van der Waals surface area contributed by atoms with Gasteiger partial charge in [-0.3, -0.25) is 10.1 Å². The quantitative estimate of drug-likeness (QED) is 0.455. The van der Waals surface area contributed by atoms with E-state index in [9.17, 15) is 10.1 Å². The smallest absolute Gasteiger partial charge is 0.293 e. The molecule has 21 heavy (non-hydrogen) atoms. The normalized spacial score (nSPS) is 11.2. The fraction of sp³-hybridized carbons (Fsp3) is 0.533. The summed E-state index contributed by atoms with van der Waals surface area (Å²) in [5.74, 6) is 0.702. The molecule has 2 aromatic rings. The minimum atomic E-state index is -0.328. The largest absolute Gasteiger partial charge is 0.379 e. The Bertz CT molecular complexity index is 637. The van der Waals surface area contributed by atoms with E-state index in [1.165, 1.54) is 17.8 Å². The van der Waals surface area contributed by atoms with E-state index in [2.05, 4.69) is 24.1 Å². The van der Waals surface area contributed by atoms with Crippen LogP contribution in [-0.4, -0.2) is 16.5 Å². The zero-order valence-electron chi connectivity index (χ0n) is 12.7. The number of nitrogens with one attached hydrogen (secondary N) is 1. The van der Waals surface area contributed by atoms with Crippen molar-refractivity contribution in [1.82, 2.24) is 4.98 Å². The number of nitro groups is 1. The molecule has 0 radical (unpaired) electrons. The Balaban J connectivity index is 2.09. The maximum atomic E-state index is 11.2. The lowest BCUT2D eigenvalue weighted by Gasteiger charge is -2.08. The Morgan fingerprint density at radius 2 is 2.14 bits per heavy atom. The van der Waals surface area contributed by atoms with E-state index in [0.29, 0.717) is 11.6 Å². The number of aryl methyl sites for hydroxylation is 1. The van der Waals surface area contributed by atoms with Gasteiger partial charge in [-0.25, -0.2) is 4.98 Å². The number of rotatable bonds is 7. The molecule has 0 spiro atoms. The number of aromatic nitrogens is 1. The van der Waals surface area contributed by atoms with Gasteiger partial charge in [0.25, 0.3) is 5.69 Å². The van der Waals surface area contributed by atoms with Gasteiger partial charge in [0, 0.05) is 12.6 Å². The number of fused-ring (bicyclic) bond motifs is 1. The molecule has 0 saturated heterocycles. The first-order valence-electron chi connectivity index (χ1n) is 7.27. The van der Waals surface area contributed by atoms with E-state index < -0.39 is 0 Å². The van der Waals surface area contributed by atoms with Gasteiger partial charge in [0.2, 0.25) is 0 Å². The second kappa shape index (κ2) is 6.85. The van der Waals surface area contributed by atoms with Crippen molar-refractivity contribution < 1.29 is 4.92 Å². The highest BCUT2D eigenvalue weighted by Crippen LogP contribution is 2.32. The van der Waals surface area contributed by atoms with Crippen LogP contribution in [0, 0.1) is 23.0 Å². The predicted molar refractivity (Wildman–Crippen MR) is 88.2 cm³/mol. The third-order valence-corrected chi connectivity index (χ3v) is 4.27. The third-order valence-electron chi connectivity index (χ3n) is 3.33. The Hall–Kier alpha value is -1.69. The van der Waals surface area contributed by atoms with Crippen molar-refractivity contribution >= 4 is 32.9 Å². The minimum Gasteiger partial charge on any atom is -0.379 e. The molecule has 1 N–H and O–H groups in total. The van der Waals surface area contributed by atoms with Crippen molar-refractivity contribution in [2.24, 2.45) is 5.92 Å². The molecule has 6 heteroatoms. The molecule has 0 atom stereocenters. The van der Waals surface area contributed by atoms with Crippen molar-refractivity contribution in [2.75, 3.05) is 11.9 Å². The van der Waals surface area contributed by atoms with Crippen molar-refractivity contribution in [3.63, 3.8) is 0 Å². The van der Waals surface area contributed by atoms with Gasteiger partial charge in [0.15, 0.2) is 0 Å². The Morgan fingerprint density at radius 3 is 2.81 bits per heavy atom. The molecule has 2 rings (SSSR count). The van der Waals surface area contributed by atoms with Gasteiger partial charge in [-0.2, -0.15) is 0 Å². The number of hydrogen-bond acceptors (Lipinski definition) is 5. The average molecular weight is 307 g/mol. The topological polar surface area (TPSA) is 68.1 Å². The number of nitro benzene ring substituents is 1. The zero-order chi connectivity index (χ0) is 15.4. The molecule has 1 aromatic carbocycles. The lowest BCUT2D eigenvalue weighted by molar-refractivity contribution is -0.383. The summed E-state index contributed by atoms with van der Waals surface area (Å²) >= 11 is 1.48. The molecule has 0 aliphatic heterocycles. The molecule has 5 nitrogen and oxygen atoms in total. The molecule has 0 saturated carbocycles. The standard InChI is InChI=1S/C15H21N3O2S/c1-10(2)6-4-5-7-16-12-8-13-15(21-11(3)17-13)9-14(12)18(19)20/h8-10,16H,4-7H2,1-3H3. The summed E-state index contributed by atoms with van der Waals surface area (Å²) in [6.07, 6.45) is 3.34. The number of hydrogen-bond donors (Lipinski definition) is 1. The Kier molecular flexibility index (Phi) is 5.12. The molecule has 0 fully saturated rings. The van der Waals surface area contributed by atoms with Crippen molar-refractivity contribution in [3.8, 4) is 0 Å². The summed E-state index contributed by atoms with van der Waals surface area (Å²) in [5.41, 5.74) is 1.53. The van der Waals surface area contributed by atoms with Crippen LogP contribution in [0.5, 0.6) is 0 Å². The molecule has 0 aliphatic rings. The van der Waals surface area contributed by atoms with Crippen LogP contribution < -0.4 is 5.32 Å². The Morgan fingerprint density at radius 1 is 1.38 bits per heavy atom. The van der Waals surface area contributed by atoms with E-state index in [1.807, 2.05) is 6.92 Å². The maximum Gasteiger partial charge on any atom is 0.293 e. The van der Waals surface area contributed by atoms with Crippen LogP contribution in [0.2, 0.25) is 0 Å². The van der Waals surface area contributed by atoms with Crippen LogP contribution in [0.15, 0.2) is 12.1 Å². The molecule has 114 valence electrons. The first kappa shape index (κ1) is 15.7. The monoisotopic (exact) mass is 307 g/mol. The van der Waals surface area contributed by atoms with Crippen LogP contribution in [0.25, 0.3) is 10.2 Å². The average Bonchev–Trinajstić information content (AvgIpc) is 2.75. The van der Waals surface area contributed by atoms with Crippen LogP contribution >= 0.6 is 11.3 Å². The van der Waals surface area contributed by atoms with Gasteiger partial charge < -0.3 is 5.32 Å². The summed E-state index contributed by atoms with van der Waals surface area (Å²) < 4.78 is 0.865. The fourth-order valence-electron chi connectivity index (χ4n) is 2.27. The van der Waals surface area contributed by atoms with Crippen LogP contribution in [0.4, 0.5) is 11.4 Å². The van der Waals surface area contributed by atoms with Crippen molar-refractivity contribution in [3.05, 3.63) is 27.3 Å². The van der Waals surface area contributed by atoms with Gasteiger partial charge in [-0.1, -0.05) is 26.7 Å². The van der Waals surface area contributed by atoms with Gasteiger partial charge in [0.05, 0.1) is 20.1 Å². The molecular weight excluding hydrogens is 286 g/mol. The Labute approximate surface area is 128 Å². The van der Waals surface area contributed by atoms with Crippen LogP contribution in [0.1, 0.15) is 38.1 Å². The fourth-order valence-corrected chi connectivity index (χ4v) is 3.11. The van der Waals surface area contributed by atoms with Gasteiger partial charge >= 0.3 is 0 Å². The second-order valence-corrected chi connectivity index (χ2v) is 6.88. The SMILES string of the molecule is Cc1nc2cc(NCCCCC(C)C)c([N+](=O)[O-])cc2s1. The molecular formula is C15H21N3O2S. The minimum absolute atomic E-state index is 0.134. The number of thiazole rings is 1. The molecule has 1 aromatic heterocycles. The van der Waals surface area contributed by atoms with E-state index in [-0.39, 0.29) is 10.6 Å². The highest BCUT2D eigenvalue weighted by atomic mass is 32.1. The van der Waals surface area contributed by atoms with E-state index in [1.54, 1.807) is 12.1 Å². The number of unbranched alkanes of at least 4 members (excludes halogenated alkanes) is 1. The summed E-state index contributed by atoms with van der Waals surface area (Å²) in [4.78, 5) is 15.3.